The molecule has 0 aliphatic heterocycles. The maximum Gasteiger partial charge on any atom is 0.0448 e. The van der Waals surface area contributed by atoms with Gasteiger partial charge in [0.15, 0.2) is 0 Å². The number of rotatable bonds is 5. The van der Waals surface area contributed by atoms with E-state index in [4.69, 9.17) is 0 Å². The molecular weight excluding hydrogens is 264 g/mol. The SMILES string of the molecule is C[C@@H](NC(c1cccs1)C1CCCC1)c1ccncc1. The third kappa shape index (κ3) is 3.10. The van der Waals surface area contributed by atoms with Crippen molar-refractivity contribution < 1.29 is 0 Å². The molecule has 0 spiro atoms. The average molecular weight is 286 g/mol. The van der Waals surface area contributed by atoms with E-state index in [2.05, 4.69) is 46.9 Å². The summed E-state index contributed by atoms with van der Waals surface area (Å²) in [7, 11) is 0. The van der Waals surface area contributed by atoms with Crippen molar-refractivity contribution in [1.82, 2.24) is 10.3 Å². The van der Waals surface area contributed by atoms with Crippen LogP contribution in [0.25, 0.3) is 0 Å². The summed E-state index contributed by atoms with van der Waals surface area (Å²) in [4.78, 5) is 5.59. The minimum atomic E-state index is 0.366. The van der Waals surface area contributed by atoms with E-state index in [-0.39, 0.29) is 0 Å². The Morgan fingerprint density at radius 1 is 1.20 bits per heavy atom. The van der Waals surface area contributed by atoms with Gasteiger partial charge in [-0.3, -0.25) is 4.98 Å². The molecule has 20 heavy (non-hydrogen) atoms. The molecule has 0 radical (unpaired) electrons. The monoisotopic (exact) mass is 286 g/mol. The van der Waals surface area contributed by atoms with Crippen LogP contribution in [0.5, 0.6) is 0 Å². The first-order valence-corrected chi connectivity index (χ1v) is 8.42. The third-order valence-electron chi connectivity index (χ3n) is 4.36. The van der Waals surface area contributed by atoms with Crippen molar-refractivity contribution in [1.29, 1.82) is 0 Å². The minimum Gasteiger partial charge on any atom is -0.302 e. The summed E-state index contributed by atoms with van der Waals surface area (Å²) < 4.78 is 0. The molecule has 0 aromatic carbocycles. The summed E-state index contributed by atoms with van der Waals surface area (Å²) in [5.74, 6) is 0.790. The maximum atomic E-state index is 4.11. The van der Waals surface area contributed by atoms with Crippen molar-refractivity contribution in [3.8, 4) is 0 Å². The highest BCUT2D eigenvalue weighted by molar-refractivity contribution is 7.10. The molecule has 0 bridgehead atoms. The predicted molar refractivity (Wildman–Crippen MR) is 84.8 cm³/mol. The molecule has 2 atom stereocenters. The van der Waals surface area contributed by atoms with Crippen molar-refractivity contribution in [3.63, 3.8) is 0 Å². The van der Waals surface area contributed by atoms with Gasteiger partial charge in [0.1, 0.15) is 0 Å². The molecule has 1 unspecified atom stereocenters. The van der Waals surface area contributed by atoms with Gasteiger partial charge >= 0.3 is 0 Å². The largest absolute Gasteiger partial charge is 0.302 e. The van der Waals surface area contributed by atoms with Gasteiger partial charge in [0.05, 0.1) is 0 Å². The van der Waals surface area contributed by atoms with E-state index in [1.807, 2.05) is 23.7 Å². The zero-order chi connectivity index (χ0) is 13.8. The first-order valence-electron chi connectivity index (χ1n) is 7.54. The normalized spacial score (nSPS) is 19.1. The van der Waals surface area contributed by atoms with Crippen molar-refractivity contribution >= 4 is 11.3 Å². The minimum absolute atomic E-state index is 0.366. The molecule has 1 aliphatic carbocycles. The Morgan fingerprint density at radius 3 is 2.60 bits per heavy atom. The number of nitrogens with one attached hydrogen (secondary N) is 1. The summed E-state index contributed by atoms with van der Waals surface area (Å²) in [5.41, 5.74) is 1.32. The number of thiophene rings is 1. The van der Waals surface area contributed by atoms with Crippen LogP contribution >= 0.6 is 11.3 Å². The Balaban J connectivity index is 1.76. The number of hydrogen-bond donors (Lipinski definition) is 1. The van der Waals surface area contributed by atoms with Gasteiger partial charge in [-0.2, -0.15) is 0 Å². The van der Waals surface area contributed by atoms with Crippen molar-refractivity contribution in [3.05, 3.63) is 52.5 Å². The van der Waals surface area contributed by atoms with Gasteiger partial charge < -0.3 is 5.32 Å². The number of pyridine rings is 1. The Kier molecular flexibility index (Phi) is 4.48. The summed E-state index contributed by atoms with van der Waals surface area (Å²) in [6.45, 7) is 2.25. The Hall–Kier alpha value is -1.19. The Bertz CT molecular complexity index is 503. The highest BCUT2D eigenvalue weighted by atomic mass is 32.1. The smallest absolute Gasteiger partial charge is 0.0448 e. The molecule has 1 fully saturated rings. The molecule has 106 valence electrons. The van der Waals surface area contributed by atoms with Gasteiger partial charge in [-0.25, -0.2) is 0 Å². The molecule has 1 N–H and O–H groups in total. The van der Waals surface area contributed by atoms with Gasteiger partial charge in [-0.15, -0.1) is 11.3 Å². The van der Waals surface area contributed by atoms with Crippen LogP contribution in [-0.4, -0.2) is 4.98 Å². The van der Waals surface area contributed by atoms with Crippen LogP contribution in [0.2, 0.25) is 0 Å². The van der Waals surface area contributed by atoms with Crippen LogP contribution in [-0.2, 0) is 0 Å². The highest BCUT2D eigenvalue weighted by Crippen LogP contribution is 2.38. The third-order valence-corrected chi connectivity index (χ3v) is 5.31. The van der Waals surface area contributed by atoms with Crippen molar-refractivity contribution in [2.45, 2.75) is 44.7 Å². The average Bonchev–Trinajstić information content (AvgIpc) is 3.19. The van der Waals surface area contributed by atoms with E-state index < -0.39 is 0 Å². The quantitative estimate of drug-likeness (QED) is 0.860. The molecule has 2 aromatic rings. The van der Waals surface area contributed by atoms with E-state index in [1.165, 1.54) is 36.1 Å². The summed E-state index contributed by atoms with van der Waals surface area (Å²) >= 11 is 1.88. The van der Waals surface area contributed by atoms with Gasteiger partial charge in [0.2, 0.25) is 0 Å². The topological polar surface area (TPSA) is 24.9 Å². The van der Waals surface area contributed by atoms with E-state index in [1.54, 1.807) is 0 Å². The van der Waals surface area contributed by atoms with Crippen LogP contribution in [0, 0.1) is 5.92 Å². The first kappa shape index (κ1) is 13.8. The lowest BCUT2D eigenvalue weighted by molar-refractivity contribution is 0.343. The molecular formula is C17H22N2S. The van der Waals surface area contributed by atoms with Crippen LogP contribution in [0.15, 0.2) is 42.0 Å². The number of hydrogen-bond acceptors (Lipinski definition) is 3. The highest BCUT2D eigenvalue weighted by Gasteiger charge is 2.28. The van der Waals surface area contributed by atoms with E-state index in [9.17, 15) is 0 Å². The van der Waals surface area contributed by atoms with Gasteiger partial charge in [-0.05, 0) is 54.8 Å². The second-order valence-corrected chi connectivity index (χ2v) is 6.69. The number of aromatic nitrogens is 1. The number of nitrogens with zero attached hydrogens (tertiary/aromatic N) is 1. The zero-order valence-electron chi connectivity index (χ0n) is 12.0. The fourth-order valence-electron chi connectivity index (χ4n) is 3.23. The molecule has 1 saturated carbocycles. The molecule has 2 nitrogen and oxygen atoms in total. The van der Waals surface area contributed by atoms with Crippen LogP contribution in [0.1, 0.15) is 55.1 Å². The summed E-state index contributed by atoms with van der Waals surface area (Å²) in [6.07, 6.45) is 9.25. The molecule has 1 aliphatic rings. The fraction of sp³-hybridized carbons (Fsp3) is 0.471. The molecule has 0 saturated heterocycles. The molecule has 2 heterocycles. The summed E-state index contributed by atoms with van der Waals surface area (Å²) in [5, 5.41) is 6.05. The van der Waals surface area contributed by atoms with Crippen LogP contribution in [0.3, 0.4) is 0 Å². The van der Waals surface area contributed by atoms with Crippen molar-refractivity contribution in [2.24, 2.45) is 5.92 Å². The Labute approximate surface area is 125 Å². The van der Waals surface area contributed by atoms with Gasteiger partial charge in [0.25, 0.3) is 0 Å². The Morgan fingerprint density at radius 2 is 1.95 bits per heavy atom. The first-order chi connectivity index (χ1) is 9.84. The fourth-order valence-corrected chi connectivity index (χ4v) is 4.11. The molecule has 3 rings (SSSR count). The lowest BCUT2D eigenvalue weighted by atomic mass is 9.95. The van der Waals surface area contributed by atoms with E-state index in [0.717, 1.165) is 5.92 Å². The van der Waals surface area contributed by atoms with Gasteiger partial charge in [-0.1, -0.05) is 18.9 Å². The lowest BCUT2D eigenvalue weighted by Gasteiger charge is -2.27. The van der Waals surface area contributed by atoms with Gasteiger partial charge in [0, 0.05) is 29.4 Å². The van der Waals surface area contributed by atoms with E-state index in [0.29, 0.717) is 12.1 Å². The molecule has 2 aromatic heterocycles. The molecule has 0 amide bonds. The predicted octanol–water partition coefficient (Wildman–Crippen LogP) is 4.73. The lowest BCUT2D eigenvalue weighted by Crippen LogP contribution is -2.29. The summed E-state index contributed by atoms with van der Waals surface area (Å²) in [6, 6.07) is 9.53. The van der Waals surface area contributed by atoms with Crippen LogP contribution in [0.4, 0.5) is 0 Å². The standard InChI is InChI=1S/C17H22N2S/c1-13(14-8-10-18-11-9-14)19-17(15-5-2-3-6-15)16-7-4-12-20-16/h4,7-13,15,17,19H,2-3,5-6H2,1H3/t13-,17?/m1/s1. The van der Waals surface area contributed by atoms with E-state index >= 15 is 0 Å². The second-order valence-electron chi connectivity index (χ2n) is 5.71. The zero-order valence-corrected chi connectivity index (χ0v) is 12.8. The molecule has 3 heteroatoms. The van der Waals surface area contributed by atoms with Crippen molar-refractivity contribution in [2.75, 3.05) is 0 Å². The second kappa shape index (κ2) is 6.51. The maximum absolute atomic E-state index is 4.11. The van der Waals surface area contributed by atoms with Crippen LogP contribution < -0.4 is 5.32 Å².